The highest BCUT2D eigenvalue weighted by molar-refractivity contribution is 5.71. The van der Waals surface area contributed by atoms with Crippen molar-refractivity contribution < 1.29 is 19.4 Å². The average molecular weight is 242 g/mol. The Balaban J connectivity index is 1.94. The van der Waals surface area contributed by atoms with Crippen LogP contribution in [0.15, 0.2) is 0 Å². The molecule has 1 saturated carbocycles. The zero-order valence-electron chi connectivity index (χ0n) is 10.4. The van der Waals surface area contributed by atoms with E-state index in [4.69, 9.17) is 9.47 Å². The van der Waals surface area contributed by atoms with Crippen LogP contribution in [0.3, 0.4) is 0 Å². The van der Waals surface area contributed by atoms with Gasteiger partial charge in [0.05, 0.1) is 18.1 Å². The lowest BCUT2D eigenvalue weighted by Crippen LogP contribution is -2.30. The van der Waals surface area contributed by atoms with Crippen LogP contribution in [0, 0.1) is 11.8 Å². The van der Waals surface area contributed by atoms with E-state index in [1.807, 2.05) is 0 Å². The fourth-order valence-electron chi connectivity index (χ4n) is 3.19. The quantitative estimate of drug-likeness (QED) is 0.802. The van der Waals surface area contributed by atoms with Crippen molar-refractivity contribution in [1.29, 1.82) is 0 Å². The Morgan fingerprint density at radius 1 is 1.41 bits per heavy atom. The smallest absolute Gasteiger partial charge is 0.309 e. The number of carbonyl (C=O) groups is 1. The molecule has 0 spiro atoms. The summed E-state index contributed by atoms with van der Waals surface area (Å²) in [5, 5.41) is 9.28. The molecule has 98 valence electrons. The second kappa shape index (κ2) is 5.83. The van der Waals surface area contributed by atoms with Gasteiger partial charge in [-0.3, -0.25) is 4.79 Å². The van der Waals surface area contributed by atoms with Gasteiger partial charge in [0.15, 0.2) is 0 Å². The molecule has 1 heterocycles. The second-order valence-corrected chi connectivity index (χ2v) is 5.23. The highest BCUT2D eigenvalue weighted by Crippen LogP contribution is 2.39. The Morgan fingerprint density at radius 2 is 2.12 bits per heavy atom. The maximum absolute atomic E-state index is 11.3. The van der Waals surface area contributed by atoms with Gasteiger partial charge in [-0.25, -0.2) is 0 Å². The van der Waals surface area contributed by atoms with E-state index in [-0.39, 0.29) is 18.1 Å². The summed E-state index contributed by atoms with van der Waals surface area (Å²) >= 11 is 0. The number of carboxylic acid groups (broad SMARTS) is 1. The lowest BCUT2D eigenvalue weighted by atomic mass is 9.89. The summed E-state index contributed by atoms with van der Waals surface area (Å²) in [5.74, 6) is -0.537. The van der Waals surface area contributed by atoms with Crippen molar-refractivity contribution in [3.63, 3.8) is 0 Å². The molecule has 1 aliphatic carbocycles. The minimum Gasteiger partial charge on any atom is -0.481 e. The fraction of sp³-hybridized carbons (Fsp3) is 0.923. The van der Waals surface area contributed by atoms with Gasteiger partial charge in [-0.2, -0.15) is 0 Å². The van der Waals surface area contributed by atoms with Crippen molar-refractivity contribution in [2.45, 2.75) is 50.7 Å². The topological polar surface area (TPSA) is 55.8 Å². The fourth-order valence-corrected chi connectivity index (χ4v) is 3.19. The number of methoxy groups -OCH3 is 1. The molecule has 0 aromatic rings. The number of hydrogen-bond acceptors (Lipinski definition) is 3. The molecule has 3 atom stereocenters. The zero-order chi connectivity index (χ0) is 12.3. The Labute approximate surface area is 102 Å². The van der Waals surface area contributed by atoms with Crippen LogP contribution in [0.2, 0.25) is 0 Å². The van der Waals surface area contributed by atoms with E-state index in [2.05, 4.69) is 0 Å². The van der Waals surface area contributed by atoms with Gasteiger partial charge in [-0.1, -0.05) is 12.8 Å². The first-order valence-corrected chi connectivity index (χ1v) is 6.59. The Hall–Kier alpha value is -0.610. The van der Waals surface area contributed by atoms with Gasteiger partial charge in [0, 0.05) is 13.7 Å². The van der Waals surface area contributed by atoms with Crippen molar-refractivity contribution in [2.75, 3.05) is 13.7 Å². The lowest BCUT2D eigenvalue weighted by Gasteiger charge is -2.22. The van der Waals surface area contributed by atoms with E-state index >= 15 is 0 Å². The van der Waals surface area contributed by atoms with Crippen molar-refractivity contribution >= 4 is 5.97 Å². The number of carboxylic acids is 1. The van der Waals surface area contributed by atoms with Crippen molar-refractivity contribution in [3.8, 4) is 0 Å². The third-order valence-corrected chi connectivity index (χ3v) is 4.09. The molecule has 2 fully saturated rings. The Kier molecular flexibility index (Phi) is 4.40. The molecule has 1 N–H and O–H groups in total. The summed E-state index contributed by atoms with van der Waals surface area (Å²) in [5.41, 5.74) is 0. The van der Waals surface area contributed by atoms with Crippen molar-refractivity contribution in [2.24, 2.45) is 11.8 Å². The summed E-state index contributed by atoms with van der Waals surface area (Å²) in [4.78, 5) is 11.3. The summed E-state index contributed by atoms with van der Waals surface area (Å²) in [6.07, 6.45) is 6.18. The van der Waals surface area contributed by atoms with Gasteiger partial charge in [0.1, 0.15) is 0 Å². The first kappa shape index (κ1) is 12.8. The predicted octanol–water partition coefficient (Wildman–Crippen LogP) is 2.07. The van der Waals surface area contributed by atoms with Gasteiger partial charge >= 0.3 is 5.97 Å². The monoisotopic (exact) mass is 242 g/mol. The van der Waals surface area contributed by atoms with Crippen LogP contribution in [-0.4, -0.2) is 37.0 Å². The third kappa shape index (κ3) is 2.99. The van der Waals surface area contributed by atoms with E-state index in [0.29, 0.717) is 18.9 Å². The number of hydrogen-bond donors (Lipinski definition) is 1. The molecular formula is C13H22O4. The van der Waals surface area contributed by atoms with Gasteiger partial charge in [-0.15, -0.1) is 0 Å². The van der Waals surface area contributed by atoms with E-state index in [1.165, 1.54) is 12.8 Å². The SMILES string of the molecule is COCCC1CC(C(=O)O)C(C2CCCC2)O1. The van der Waals surface area contributed by atoms with Crippen molar-refractivity contribution in [1.82, 2.24) is 0 Å². The van der Waals surface area contributed by atoms with E-state index in [9.17, 15) is 9.90 Å². The lowest BCUT2D eigenvalue weighted by molar-refractivity contribution is -0.144. The van der Waals surface area contributed by atoms with Crippen LogP contribution < -0.4 is 0 Å². The maximum Gasteiger partial charge on any atom is 0.309 e. The maximum atomic E-state index is 11.3. The van der Waals surface area contributed by atoms with E-state index in [1.54, 1.807) is 7.11 Å². The number of ether oxygens (including phenoxy) is 2. The second-order valence-electron chi connectivity index (χ2n) is 5.23. The summed E-state index contributed by atoms with van der Waals surface area (Å²) in [6.45, 7) is 0.647. The van der Waals surface area contributed by atoms with Crippen molar-refractivity contribution in [3.05, 3.63) is 0 Å². The highest BCUT2D eigenvalue weighted by atomic mass is 16.5. The molecule has 2 rings (SSSR count). The van der Waals surface area contributed by atoms with E-state index in [0.717, 1.165) is 19.3 Å². The van der Waals surface area contributed by atoms with Gasteiger partial charge in [0.25, 0.3) is 0 Å². The first-order valence-electron chi connectivity index (χ1n) is 6.59. The molecule has 4 nitrogen and oxygen atoms in total. The molecule has 0 aromatic carbocycles. The molecule has 0 aromatic heterocycles. The van der Waals surface area contributed by atoms with Crippen LogP contribution in [0.1, 0.15) is 38.5 Å². The number of rotatable bonds is 5. The molecular weight excluding hydrogens is 220 g/mol. The molecule has 4 heteroatoms. The Morgan fingerprint density at radius 3 is 2.71 bits per heavy atom. The van der Waals surface area contributed by atoms with Crippen LogP contribution in [0.5, 0.6) is 0 Å². The minimum absolute atomic E-state index is 0.0585. The largest absolute Gasteiger partial charge is 0.481 e. The van der Waals surface area contributed by atoms with Gasteiger partial charge < -0.3 is 14.6 Å². The number of aliphatic carboxylic acids is 1. The normalized spacial score (nSPS) is 34.3. The van der Waals surface area contributed by atoms with Crippen LogP contribution in [0.25, 0.3) is 0 Å². The van der Waals surface area contributed by atoms with Crippen LogP contribution >= 0.6 is 0 Å². The molecule has 0 radical (unpaired) electrons. The molecule has 0 bridgehead atoms. The molecule has 17 heavy (non-hydrogen) atoms. The van der Waals surface area contributed by atoms with Gasteiger partial charge in [0.2, 0.25) is 0 Å². The molecule has 0 amide bonds. The average Bonchev–Trinajstić information content (AvgIpc) is 2.94. The Bertz CT molecular complexity index is 260. The summed E-state index contributed by atoms with van der Waals surface area (Å²) in [6, 6.07) is 0. The predicted molar refractivity (Wildman–Crippen MR) is 62.9 cm³/mol. The molecule has 1 saturated heterocycles. The van der Waals surface area contributed by atoms with E-state index < -0.39 is 5.97 Å². The summed E-state index contributed by atoms with van der Waals surface area (Å²) in [7, 11) is 1.66. The van der Waals surface area contributed by atoms with Crippen LogP contribution in [0.4, 0.5) is 0 Å². The molecule has 1 aliphatic heterocycles. The highest BCUT2D eigenvalue weighted by Gasteiger charge is 2.44. The third-order valence-electron chi connectivity index (χ3n) is 4.09. The van der Waals surface area contributed by atoms with Gasteiger partial charge in [-0.05, 0) is 31.6 Å². The van der Waals surface area contributed by atoms with Crippen LogP contribution in [-0.2, 0) is 14.3 Å². The first-order chi connectivity index (χ1) is 8.22. The summed E-state index contributed by atoms with van der Waals surface area (Å²) < 4.78 is 11.0. The standard InChI is InChI=1S/C13H22O4/c1-16-7-6-10-8-11(13(14)15)12(17-10)9-4-2-3-5-9/h9-12H,2-8H2,1H3,(H,14,15). The molecule has 3 unspecified atom stereocenters. The minimum atomic E-state index is -0.693. The molecule has 2 aliphatic rings. The zero-order valence-corrected chi connectivity index (χ0v) is 10.4.